The highest BCUT2D eigenvalue weighted by molar-refractivity contribution is 7.89. The molecule has 1 aromatic heterocycles. The predicted octanol–water partition coefficient (Wildman–Crippen LogP) is 4.50. The number of alkyl halides is 3. The average molecular weight is 432 g/mol. The van der Waals surface area contributed by atoms with Gasteiger partial charge < -0.3 is 5.32 Å². The number of nitrogens with zero attached hydrogens (tertiary/aromatic N) is 1. The van der Waals surface area contributed by atoms with Crippen LogP contribution in [0.15, 0.2) is 34.5 Å². The summed E-state index contributed by atoms with van der Waals surface area (Å²) in [6.07, 6.45) is -2.07. The lowest BCUT2D eigenvalue weighted by Crippen LogP contribution is -2.36. The van der Waals surface area contributed by atoms with E-state index >= 15 is 0 Å². The van der Waals surface area contributed by atoms with Crippen molar-refractivity contribution < 1.29 is 26.4 Å². The molecule has 1 N–H and O–H groups in total. The van der Waals surface area contributed by atoms with Crippen LogP contribution in [-0.2, 0) is 16.2 Å². The maximum Gasteiger partial charge on any atom is 0.416 e. The van der Waals surface area contributed by atoms with Gasteiger partial charge in [-0.25, -0.2) is 8.42 Å². The molecule has 1 aliphatic heterocycles. The zero-order chi connectivity index (χ0) is 20.5. The number of aryl methyl sites for hydroxylation is 1. The Kier molecular flexibility index (Phi) is 5.83. The standard InChI is InChI=1S/C18H19F3N2O3S2/c1-12-5-6-13(11-14(12)18(19,20)21)22-17(24)16-15(7-10-27-16)28(25,26)23-8-3-2-4-9-23/h5-7,10-11H,2-4,8-9H2,1H3,(H,22,24). The first-order valence-corrected chi connectivity index (χ1v) is 11.0. The third kappa shape index (κ3) is 4.23. The number of carbonyl (C=O) groups excluding carboxylic acids is 1. The minimum atomic E-state index is -4.55. The molecule has 0 bridgehead atoms. The van der Waals surface area contributed by atoms with Crippen molar-refractivity contribution in [2.75, 3.05) is 18.4 Å². The van der Waals surface area contributed by atoms with Crippen LogP contribution in [0.4, 0.5) is 18.9 Å². The van der Waals surface area contributed by atoms with Gasteiger partial charge in [-0.3, -0.25) is 4.79 Å². The smallest absolute Gasteiger partial charge is 0.321 e. The number of rotatable bonds is 4. The van der Waals surface area contributed by atoms with E-state index in [0.29, 0.717) is 13.1 Å². The fourth-order valence-corrected chi connectivity index (χ4v) is 5.92. The fraction of sp³-hybridized carbons (Fsp3) is 0.389. The van der Waals surface area contributed by atoms with Crippen LogP contribution >= 0.6 is 11.3 Å². The van der Waals surface area contributed by atoms with Crippen LogP contribution in [0.2, 0.25) is 0 Å². The first kappa shape index (κ1) is 20.8. The molecule has 1 amide bonds. The summed E-state index contributed by atoms with van der Waals surface area (Å²) in [4.78, 5) is 12.5. The van der Waals surface area contributed by atoms with Gasteiger partial charge in [-0.15, -0.1) is 11.3 Å². The molecule has 2 aromatic rings. The summed E-state index contributed by atoms with van der Waals surface area (Å²) >= 11 is 0.941. The van der Waals surface area contributed by atoms with Crippen LogP contribution in [-0.4, -0.2) is 31.7 Å². The van der Waals surface area contributed by atoms with E-state index in [1.54, 1.807) is 0 Å². The van der Waals surface area contributed by atoms with E-state index < -0.39 is 27.7 Å². The Labute approximate surface area is 165 Å². The summed E-state index contributed by atoms with van der Waals surface area (Å²) in [6, 6.07) is 4.83. The van der Waals surface area contributed by atoms with Crippen molar-refractivity contribution in [3.05, 3.63) is 45.6 Å². The summed E-state index contributed by atoms with van der Waals surface area (Å²) in [5.74, 6) is -0.748. The molecule has 2 heterocycles. The van der Waals surface area contributed by atoms with Crippen LogP contribution in [0.25, 0.3) is 0 Å². The number of anilines is 1. The van der Waals surface area contributed by atoms with E-state index in [-0.39, 0.29) is 21.0 Å². The Morgan fingerprint density at radius 1 is 1.14 bits per heavy atom. The zero-order valence-corrected chi connectivity index (χ0v) is 16.7. The number of hydrogen-bond donors (Lipinski definition) is 1. The Hall–Kier alpha value is -1.91. The van der Waals surface area contributed by atoms with Gasteiger partial charge in [0.2, 0.25) is 10.0 Å². The highest BCUT2D eigenvalue weighted by Gasteiger charge is 2.33. The van der Waals surface area contributed by atoms with Crippen molar-refractivity contribution in [3.8, 4) is 0 Å². The molecule has 1 aliphatic rings. The van der Waals surface area contributed by atoms with E-state index in [9.17, 15) is 26.4 Å². The van der Waals surface area contributed by atoms with Crippen molar-refractivity contribution >= 4 is 33.0 Å². The minimum Gasteiger partial charge on any atom is -0.321 e. The SMILES string of the molecule is Cc1ccc(NC(=O)c2sccc2S(=O)(=O)N2CCCCC2)cc1C(F)(F)F. The average Bonchev–Trinajstić information content (AvgIpc) is 3.14. The molecule has 28 heavy (non-hydrogen) atoms. The highest BCUT2D eigenvalue weighted by atomic mass is 32.2. The lowest BCUT2D eigenvalue weighted by molar-refractivity contribution is -0.138. The Morgan fingerprint density at radius 2 is 1.82 bits per heavy atom. The van der Waals surface area contributed by atoms with Crippen molar-refractivity contribution in [3.63, 3.8) is 0 Å². The normalized spacial score (nSPS) is 16.1. The molecule has 0 saturated carbocycles. The molecular formula is C18H19F3N2O3S2. The molecule has 5 nitrogen and oxygen atoms in total. The van der Waals surface area contributed by atoms with Crippen LogP contribution in [0, 0.1) is 6.92 Å². The number of nitrogens with one attached hydrogen (secondary N) is 1. The van der Waals surface area contributed by atoms with Gasteiger partial charge in [-0.05, 0) is 48.9 Å². The van der Waals surface area contributed by atoms with Gasteiger partial charge in [0, 0.05) is 18.8 Å². The third-order valence-electron chi connectivity index (χ3n) is 4.57. The molecule has 152 valence electrons. The number of amides is 1. The monoisotopic (exact) mass is 432 g/mol. The lowest BCUT2D eigenvalue weighted by atomic mass is 10.1. The van der Waals surface area contributed by atoms with Gasteiger partial charge in [0.05, 0.1) is 5.56 Å². The maximum absolute atomic E-state index is 13.1. The van der Waals surface area contributed by atoms with Crippen LogP contribution < -0.4 is 5.32 Å². The number of benzene rings is 1. The van der Waals surface area contributed by atoms with E-state index in [1.807, 2.05) is 0 Å². The number of halogens is 3. The second-order valence-corrected chi connectivity index (χ2v) is 9.38. The number of carbonyl (C=O) groups is 1. The largest absolute Gasteiger partial charge is 0.416 e. The Balaban J connectivity index is 1.87. The lowest BCUT2D eigenvalue weighted by Gasteiger charge is -2.25. The van der Waals surface area contributed by atoms with Crippen molar-refractivity contribution in [1.82, 2.24) is 4.31 Å². The van der Waals surface area contributed by atoms with Crippen molar-refractivity contribution in [1.29, 1.82) is 0 Å². The number of sulfonamides is 1. The van der Waals surface area contributed by atoms with Crippen LogP contribution in [0.1, 0.15) is 40.1 Å². The summed E-state index contributed by atoms with van der Waals surface area (Å²) in [6.45, 7) is 2.12. The van der Waals surface area contributed by atoms with Gasteiger partial charge in [0.1, 0.15) is 9.77 Å². The first-order valence-electron chi connectivity index (χ1n) is 8.67. The topological polar surface area (TPSA) is 66.5 Å². The molecule has 0 aliphatic carbocycles. The zero-order valence-electron chi connectivity index (χ0n) is 15.0. The summed E-state index contributed by atoms with van der Waals surface area (Å²) in [5.41, 5.74) is -0.856. The molecular weight excluding hydrogens is 413 g/mol. The highest BCUT2D eigenvalue weighted by Crippen LogP contribution is 2.34. The number of piperidine rings is 1. The number of hydrogen-bond acceptors (Lipinski definition) is 4. The summed E-state index contributed by atoms with van der Waals surface area (Å²) < 4.78 is 66.3. The van der Waals surface area contributed by atoms with E-state index in [0.717, 1.165) is 36.7 Å². The van der Waals surface area contributed by atoms with Gasteiger partial charge in [-0.2, -0.15) is 17.5 Å². The molecule has 1 aromatic carbocycles. The van der Waals surface area contributed by atoms with Gasteiger partial charge in [0.25, 0.3) is 5.91 Å². The van der Waals surface area contributed by atoms with E-state index in [1.165, 1.54) is 34.8 Å². The third-order valence-corrected chi connectivity index (χ3v) is 7.55. The molecule has 0 spiro atoms. The van der Waals surface area contributed by atoms with E-state index in [4.69, 9.17) is 0 Å². The molecule has 1 saturated heterocycles. The molecule has 0 atom stereocenters. The second kappa shape index (κ2) is 7.84. The number of thiophene rings is 1. The molecule has 1 fully saturated rings. The quantitative estimate of drug-likeness (QED) is 0.774. The molecule has 3 rings (SSSR count). The van der Waals surface area contributed by atoms with Crippen LogP contribution in [0.3, 0.4) is 0 Å². The van der Waals surface area contributed by atoms with Gasteiger partial charge >= 0.3 is 6.18 Å². The molecule has 0 radical (unpaired) electrons. The first-order chi connectivity index (χ1) is 13.1. The molecule has 0 unspecified atom stereocenters. The second-order valence-electron chi connectivity index (χ2n) is 6.56. The summed E-state index contributed by atoms with van der Waals surface area (Å²) in [5, 5.41) is 3.88. The fourth-order valence-electron chi connectivity index (χ4n) is 3.10. The minimum absolute atomic E-state index is 0.0370. The molecule has 10 heteroatoms. The summed E-state index contributed by atoms with van der Waals surface area (Å²) in [7, 11) is -3.82. The van der Waals surface area contributed by atoms with Gasteiger partial charge in [0.15, 0.2) is 0 Å². The van der Waals surface area contributed by atoms with Crippen molar-refractivity contribution in [2.45, 2.75) is 37.3 Å². The van der Waals surface area contributed by atoms with E-state index in [2.05, 4.69) is 5.32 Å². The maximum atomic E-state index is 13.1. The Bertz CT molecular complexity index is 978. The Morgan fingerprint density at radius 3 is 2.46 bits per heavy atom. The predicted molar refractivity (Wildman–Crippen MR) is 101 cm³/mol. The van der Waals surface area contributed by atoms with Crippen LogP contribution in [0.5, 0.6) is 0 Å². The van der Waals surface area contributed by atoms with Gasteiger partial charge in [-0.1, -0.05) is 12.5 Å². The van der Waals surface area contributed by atoms with Crippen molar-refractivity contribution in [2.24, 2.45) is 0 Å².